The van der Waals surface area contributed by atoms with E-state index in [1.54, 1.807) is 25.3 Å². The van der Waals surface area contributed by atoms with Gasteiger partial charge in [-0.3, -0.25) is 5.41 Å². The number of nitrogens with one attached hydrogen (secondary N) is 1. The smallest absolute Gasteiger partial charge is 0.217 e. The average Bonchev–Trinajstić information content (AvgIpc) is 2.97. The van der Waals surface area contributed by atoms with Gasteiger partial charge in [-0.1, -0.05) is 25.8 Å². The molecule has 0 amide bonds. The molecule has 7 nitrogen and oxygen atoms in total. The summed E-state index contributed by atoms with van der Waals surface area (Å²) >= 11 is 3.45. The standard InChI is InChI=1S/C23H23BrN4O3/c1-3-4-14-7-8-23-18(9-14)22(13-27,20(28)31-23)21(11-25,12-26)19(30-23)15-5-6-17(29-2)16(24)10-15/h5-6,10,14,18-19,28H,3-4,7-9H2,1-2H3. The van der Waals surface area contributed by atoms with Crippen molar-refractivity contribution >= 4 is 21.8 Å². The molecule has 1 aliphatic carbocycles. The molecule has 5 unspecified atom stereocenters. The van der Waals surface area contributed by atoms with Gasteiger partial charge in [0.05, 0.1) is 35.7 Å². The van der Waals surface area contributed by atoms with Crippen LogP contribution in [0.15, 0.2) is 22.7 Å². The minimum atomic E-state index is -1.92. The van der Waals surface area contributed by atoms with Crippen LogP contribution in [0.25, 0.3) is 0 Å². The Hall–Kier alpha value is -2.60. The summed E-state index contributed by atoms with van der Waals surface area (Å²) in [5.41, 5.74) is -3.06. The molecule has 0 spiro atoms. The molecule has 0 radical (unpaired) electrons. The Kier molecular flexibility index (Phi) is 5.24. The predicted octanol–water partition coefficient (Wildman–Crippen LogP) is 4.99. The summed E-state index contributed by atoms with van der Waals surface area (Å²) in [6.45, 7) is 2.11. The monoisotopic (exact) mass is 482 g/mol. The second-order valence-electron chi connectivity index (χ2n) is 8.57. The summed E-state index contributed by atoms with van der Waals surface area (Å²) in [6.07, 6.45) is 2.91. The van der Waals surface area contributed by atoms with Crippen molar-refractivity contribution < 1.29 is 14.2 Å². The normalized spacial score (nSPS) is 35.1. The van der Waals surface area contributed by atoms with Gasteiger partial charge in [-0.15, -0.1) is 0 Å². The number of nitrogens with zero attached hydrogens (tertiary/aromatic N) is 3. The molecule has 1 N–H and O–H groups in total. The van der Waals surface area contributed by atoms with Crippen LogP contribution in [0.2, 0.25) is 0 Å². The van der Waals surface area contributed by atoms with Crippen molar-refractivity contribution in [3.63, 3.8) is 0 Å². The molecule has 1 aromatic rings. The number of ether oxygens (including phenoxy) is 3. The van der Waals surface area contributed by atoms with Crippen LogP contribution in [0.5, 0.6) is 5.75 Å². The third-order valence-corrected chi connectivity index (χ3v) is 7.81. The molecule has 2 bridgehead atoms. The highest BCUT2D eigenvalue weighted by Gasteiger charge is 2.80. The van der Waals surface area contributed by atoms with Crippen molar-refractivity contribution in [3.05, 3.63) is 28.2 Å². The highest BCUT2D eigenvalue weighted by atomic mass is 79.9. The molecule has 3 fully saturated rings. The lowest BCUT2D eigenvalue weighted by Gasteiger charge is -2.52. The van der Waals surface area contributed by atoms with E-state index in [1.807, 2.05) is 0 Å². The molecule has 2 heterocycles. The van der Waals surface area contributed by atoms with Gasteiger partial charge in [-0.2, -0.15) is 15.8 Å². The molecule has 0 aromatic heterocycles. The highest BCUT2D eigenvalue weighted by Crippen LogP contribution is 2.70. The molecule has 160 valence electrons. The van der Waals surface area contributed by atoms with Crippen LogP contribution in [-0.4, -0.2) is 18.8 Å². The van der Waals surface area contributed by atoms with Crippen molar-refractivity contribution in [2.45, 2.75) is 50.9 Å². The molecule has 1 saturated carbocycles. The summed E-state index contributed by atoms with van der Waals surface area (Å²) in [7, 11) is 1.55. The molecule has 4 rings (SSSR count). The fourth-order valence-electron chi connectivity index (χ4n) is 5.73. The quantitative estimate of drug-likeness (QED) is 0.644. The lowest BCUT2D eigenvalue weighted by atomic mass is 9.50. The first kappa shape index (κ1) is 21.6. The van der Waals surface area contributed by atoms with Gasteiger partial charge >= 0.3 is 0 Å². The van der Waals surface area contributed by atoms with E-state index in [9.17, 15) is 15.8 Å². The van der Waals surface area contributed by atoms with Gasteiger partial charge in [0.1, 0.15) is 11.9 Å². The maximum Gasteiger partial charge on any atom is 0.217 e. The van der Waals surface area contributed by atoms with E-state index in [0.717, 1.165) is 19.3 Å². The van der Waals surface area contributed by atoms with Gasteiger partial charge in [0.25, 0.3) is 0 Å². The molecule has 5 atom stereocenters. The third kappa shape index (κ3) is 2.67. The number of methoxy groups -OCH3 is 1. The van der Waals surface area contributed by atoms with Crippen molar-refractivity contribution in [3.8, 4) is 24.0 Å². The first-order valence-corrected chi connectivity index (χ1v) is 11.2. The first-order valence-electron chi connectivity index (χ1n) is 10.4. The molecular formula is C23H23BrN4O3. The van der Waals surface area contributed by atoms with Crippen LogP contribution in [0.4, 0.5) is 0 Å². The SMILES string of the molecule is CCCC1CCC23OC(=N)C(C#N)(C2C1)C(C#N)(C#N)C(c1ccc(OC)c(Br)c1)O3. The predicted molar refractivity (Wildman–Crippen MR) is 114 cm³/mol. The van der Waals surface area contributed by atoms with Gasteiger partial charge < -0.3 is 14.2 Å². The van der Waals surface area contributed by atoms with E-state index in [2.05, 4.69) is 41.1 Å². The van der Waals surface area contributed by atoms with E-state index in [0.29, 0.717) is 34.5 Å². The maximum absolute atomic E-state index is 10.4. The van der Waals surface area contributed by atoms with Crippen molar-refractivity contribution in [1.82, 2.24) is 0 Å². The zero-order valence-electron chi connectivity index (χ0n) is 17.4. The van der Waals surface area contributed by atoms with Crippen LogP contribution < -0.4 is 4.74 Å². The Morgan fingerprint density at radius 2 is 2.00 bits per heavy atom. The number of nitriles is 3. The lowest BCUT2D eigenvalue weighted by molar-refractivity contribution is -0.299. The molecule has 2 aliphatic heterocycles. The van der Waals surface area contributed by atoms with Crippen molar-refractivity contribution in [1.29, 1.82) is 21.2 Å². The zero-order valence-corrected chi connectivity index (χ0v) is 19.0. The zero-order chi connectivity index (χ0) is 22.4. The summed E-state index contributed by atoms with van der Waals surface area (Å²) < 4.78 is 18.4. The number of halogens is 1. The van der Waals surface area contributed by atoms with Gasteiger partial charge in [0, 0.05) is 6.42 Å². The van der Waals surface area contributed by atoms with Crippen LogP contribution in [-0.2, 0) is 9.47 Å². The fourth-order valence-corrected chi connectivity index (χ4v) is 6.29. The Balaban J connectivity index is 1.91. The second kappa shape index (κ2) is 7.52. The highest BCUT2D eigenvalue weighted by molar-refractivity contribution is 9.10. The molecule has 2 saturated heterocycles. The second-order valence-corrected chi connectivity index (χ2v) is 9.42. The maximum atomic E-state index is 10.4. The van der Waals surface area contributed by atoms with Crippen LogP contribution in [0, 0.1) is 62.1 Å². The van der Waals surface area contributed by atoms with E-state index in [-0.39, 0.29) is 5.90 Å². The number of rotatable bonds is 4. The van der Waals surface area contributed by atoms with Crippen LogP contribution >= 0.6 is 15.9 Å². The molecule has 8 heteroatoms. The van der Waals surface area contributed by atoms with E-state index in [1.165, 1.54) is 0 Å². The molecular weight excluding hydrogens is 460 g/mol. The minimum Gasteiger partial charge on any atom is -0.496 e. The number of benzene rings is 1. The Bertz CT molecular complexity index is 1040. The van der Waals surface area contributed by atoms with Crippen LogP contribution in [0.1, 0.15) is 50.7 Å². The first-order chi connectivity index (χ1) is 14.9. The summed E-state index contributed by atoms with van der Waals surface area (Å²) in [5, 5.41) is 39.8. The number of hydrogen-bond donors (Lipinski definition) is 1. The van der Waals surface area contributed by atoms with Gasteiger partial charge in [-0.25, -0.2) is 0 Å². The van der Waals surface area contributed by atoms with Crippen molar-refractivity contribution in [2.24, 2.45) is 22.7 Å². The largest absolute Gasteiger partial charge is 0.496 e. The van der Waals surface area contributed by atoms with Gasteiger partial charge in [0.2, 0.25) is 17.1 Å². The third-order valence-electron chi connectivity index (χ3n) is 7.19. The molecule has 31 heavy (non-hydrogen) atoms. The topological polar surface area (TPSA) is 123 Å². The van der Waals surface area contributed by atoms with E-state index in [4.69, 9.17) is 19.6 Å². The Morgan fingerprint density at radius 1 is 1.26 bits per heavy atom. The van der Waals surface area contributed by atoms with E-state index >= 15 is 0 Å². The summed E-state index contributed by atoms with van der Waals surface area (Å²) in [6, 6.07) is 11.6. The minimum absolute atomic E-state index is 0.324. The lowest BCUT2D eigenvalue weighted by Crippen LogP contribution is -2.61. The Labute approximate surface area is 190 Å². The van der Waals surface area contributed by atoms with Crippen LogP contribution in [0.3, 0.4) is 0 Å². The summed E-state index contributed by atoms with van der Waals surface area (Å²) in [4.78, 5) is 0. The average molecular weight is 483 g/mol. The molecule has 1 aromatic carbocycles. The Morgan fingerprint density at radius 3 is 2.58 bits per heavy atom. The summed E-state index contributed by atoms with van der Waals surface area (Å²) in [5.74, 6) is -1.10. The van der Waals surface area contributed by atoms with Crippen molar-refractivity contribution in [2.75, 3.05) is 7.11 Å². The van der Waals surface area contributed by atoms with Gasteiger partial charge in [0.15, 0.2) is 5.41 Å². The fraction of sp³-hybridized carbons (Fsp3) is 0.565. The number of hydrogen-bond acceptors (Lipinski definition) is 7. The molecule has 3 aliphatic rings. The van der Waals surface area contributed by atoms with E-state index < -0.39 is 28.6 Å². The van der Waals surface area contributed by atoms with Gasteiger partial charge in [-0.05, 0) is 52.4 Å².